The number of nitrogens with one attached hydrogen (secondary N) is 1. The normalized spacial score (nSPS) is 11.4. The highest BCUT2D eigenvalue weighted by Crippen LogP contribution is 2.21. The van der Waals surface area contributed by atoms with E-state index in [4.69, 9.17) is 16.7 Å². The summed E-state index contributed by atoms with van der Waals surface area (Å²) < 4.78 is 36.8. The third-order valence-corrected chi connectivity index (χ3v) is 5.22. The molecular weight excluding hydrogens is 329 g/mol. The van der Waals surface area contributed by atoms with Crippen molar-refractivity contribution in [3.8, 4) is 0 Å². The molecule has 0 saturated heterocycles. The third kappa shape index (κ3) is 3.97. The van der Waals surface area contributed by atoms with Gasteiger partial charge in [-0.05, 0) is 35.9 Å². The van der Waals surface area contributed by atoms with E-state index in [0.29, 0.717) is 17.8 Å². The van der Waals surface area contributed by atoms with Crippen molar-refractivity contribution < 1.29 is 17.9 Å². The van der Waals surface area contributed by atoms with Crippen LogP contribution < -0.4 is 5.32 Å². The van der Waals surface area contributed by atoms with E-state index in [1.54, 1.807) is 24.3 Å². The lowest BCUT2D eigenvalue weighted by atomic mass is 10.2. The number of anilines is 1. The molecule has 0 unspecified atom stereocenters. The molecular formula is C15H15ClFNO3S. The van der Waals surface area contributed by atoms with Crippen LogP contribution in [0.4, 0.5) is 10.1 Å². The summed E-state index contributed by atoms with van der Waals surface area (Å²) >= 11 is 5.86. The second-order valence-corrected chi connectivity index (χ2v) is 7.12. The molecule has 0 aliphatic carbocycles. The highest BCUT2D eigenvalue weighted by molar-refractivity contribution is 7.91. The molecule has 0 aliphatic rings. The molecule has 2 rings (SSSR count). The summed E-state index contributed by atoms with van der Waals surface area (Å²) in [6.07, 6.45) is 0. The van der Waals surface area contributed by atoms with Gasteiger partial charge in [-0.2, -0.15) is 0 Å². The number of sulfone groups is 1. The number of halogens is 2. The molecule has 7 heteroatoms. The summed E-state index contributed by atoms with van der Waals surface area (Å²) in [5.41, 5.74) is 1.29. The van der Waals surface area contributed by atoms with Gasteiger partial charge in [0.1, 0.15) is 5.82 Å². The van der Waals surface area contributed by atoms with Gasteiger partial charge in [-0.15, -0.1) is 0 Å². The van der Waals surface area contributed by atoms with Crippen LogP contribution in [0.5, 0.6) is 0 Å². The minimum atomic E-state index is -3.46. The lowest BCUT2D eigenvalue weighted by Gasteiger charge is -2.09. The van der Waals surface area contributed by atoms with Crippen molar-refractivity contribution in [2.24, 2.45) is 0 Å². The summed E-state index contributed by atoms with van der Waals surface area (Å²) in [6.45, 7) is -0.0975. The fourth-order valence-corrected chi connectivity index (χ4v) is 3.12. The lowest BCUT2D eigenvalue weighted by Crippen LogP contribution is -2.10. The van der Waals surface area contributed by atoms with Gasteiger partial charge in [-0.3, -0.25) is 0 Å². The molecule has 0 fully saturated rings. The summed E-state index contributed by atoms with van der Waals surface area (Å²) in [5, 5.41) is 11.9. The Morgan fingerprint density at radius 2 is 1.82 bits per heavy atom. The van der Waals surface area contributed by atoms with Crippen molar-refractivity contribution in [3.63, 3.8) is 0 Å². The van der Waals surface area contributed by atoms with Gasteiger partial charge in [0.25, 0.3) is 0 Å². The Balaban J connectivity index is 2.07. The zero-order valence-electron chi connectivity index (χ0n) is 11.6. The summed E-state index contributed by atoms with van der Waals surface area (Å²) in [7, 11) is -3.46. The Morgan fingerprint density at radius 1 is 1.14 bits per heavy atom. The minimum Gasteiger partial charge on any atom is -0.395 e. The van der Waals surface area contributed by atoms with E-state index in [0.717, 1.165) is 0 Å². The van der Waals surface area contributed by atoms with Crippen LogP contribution in [0.1, 0.15) is 5.56 Å². The van der Waals surface area contributed by atoms with Gasteiger partial charge in [-0.1, -0.05) is 23.7 Å². The molecule has 0 saturated carbocycles. The van der Waals surface area contributed by atoms with Crippen molar-refractivity contribution in [2.45, 2.75) is 11.4 Å². The number of benzene rings is 2. The molecule has 0 aromatic heterocycles. The smallest absolute Gasteiger partial charge is 0.180 e. The van der Waals surface area contributed by atoms with Crippen LogP contribution >= 0.6 is 11.6 Å². The molecule has 0 bridgehead atoms. The van der Waals surface area contributed by atoms with Gasteiger partial charge in [0.15, 0.2) is 9.84 Å². The topological polar surface area (TPSA) is 66.4 Å². The van der Waals surface area contributed by atoms with Crippen molar-refractivity contribution in [1.29, 1.82) is 0 Å². The first-order chi connectivity index (χ1) is 10.4. The zero-order valence-corrected chi connectivity index (χ0v) is 13.2. The van der Waals surface area contributed by atoms with Crippen LogP contribution in [0, 0.1) is 5.82 Å². The highest BCUT2D eigenvalue weighted by Gasteiger charge is 2.13. The molecule has 118 valence electrons. The SMILES string of the molecule is O=S(=O)(CCO)c1ccc(NCc2cccc(F)c2Cl)cc1. The van der Waals surface area contributed by atoms with Gasteiger partial charge in [0, 0.05) is 12.2 Å². The van der Waals surface area contributed by atoms with E-state index in [1.807, 2.05) is 0 Å². The van der Waals surface area contributed by atoms with Crippen molar-refractivity contribution in [1.82, 2.24) is 0 Å². The highest BCUT2D eigenvalue weighted by atomic mass is 35.5. The Hall–Kier alpha value is -1.63. The van der Waals surface area contributed by atoms with E-state index in [2.05, 4.69) is 5.32 Å². The summed E-state index contributed by atoms with van der Waals surface area (Å²) in [4.78, 5) is 0.149. The molecule has 22 heavy (non-hydrogen) atoms. The molecule has 2 N–H and O–H groups in total. The Kier molecular flexibility index (Phi) is 5.39. The fraction of sp³-hybridized carbons (Fsp3) is 0.200. The Labute approximate surface area is 133 Å². The van der Waals surface area contributed by atoms with Gasteiger partial charge in [-0.25, -0.2) is 12.8 Å². The van der Waals surface area contributed by atoms with Gasteiger partial charge in [0.2, 0.25) is 0 Å². The minimum absolute atomic E-state index is 0.0668. The number of hydrogen-bond donors (Lipinski definition) is 2. The van der Waals surface area contributed by atoms with Crippen molar-refractivity contribution in [2.75, 3.05) is 17.7 Å². The molecule has 4 nitrogen and oxygen atoms in total. The van der Waals surface area contributed by atoms with Gasteiger partial charge in [0.05, 0.1) is 22.3 Å². The van der Waals surface area contributed by atoms with Crippen LogP contribution in [0.25, 0.3) is 0 Å². The molecule has 0 aliphatic heterocycles. The average molecular weight is 344 g/mol. The number of rotatable bonds is 6. The third-order valence-electron chi connectivity index (χ3n) is 3.09. The molecule has 0 heterocycles. The molecule has 0 spiro atoms. The van der Waals surface area contributed by atoms with Gasteiger partial charge < -0.3 is 10.4 Å². The lowest BCUT2D eigenvalue weighted by molar-refractivity contribution is 0.319. The Bertz CT molecular complexity index is 748. The largest absolute Gasteiger partial charge is 0.395 e. The standard InChI is InChI=1S/C15H15ClFNO3S/c16-15-11(2-1-3-14(15)17)10-18-12-4-6-13(7-5-12)22(20,21)9-8-19/h1-7,18-19H,8-10H2. The van der Waals surface area contributed by atoms with Crippen molar-refractivity contribution >= 4 is 27.1 Å². The summed E-state index contributed by atoms with van der Waals surface area (Å²) in [5.74, 6) is -0.787. The second-order valence-electron chi connectivity index (χ2n) is 4.63. The first-order valence-corrected chi connectivity index (χ1v) is 8.57. The zero-order chi connectivity index (χ0) is 16.2. The number of aliphatic hydroxyl groups is 1. The number of hydrogen-bond acceptors (Lipinski definition) is 4. The maximum atomic E-state index is 13.3. The maximum absolute atomic E-state index is 13.3. The molecule has 0 radical (unpaired) electrons. The quantitative estimate of drug-likeness (QED) is 0.846. The predicted molar refractivity (Wildman–Crippen MR) is 84.3 cm³/mol. The average Bonchev–Trinajstić information content (AvgIpc) is 2.49. The molecule has 0 amide bonds. The van der Waals surface area contributed by atoms with E-state index in [1.165, 1.54) is 18.2 Å². The van der Waals surface area contributed by atoms with Crippen LogP contribution in [0.15, 0.2) is 47.4 Å². The molecule has 0 atom stereocenters. The van der Waals surface area contributed by atoms with E-state index < -0.39 is 22.3 Å². The van der Waals surface area contributed by atoms with Gasteiger partial charge >= 0.3 is 0 Å². The number of aliphatic hydroxyl groups excluding tert-OH is 1. The van der Waals surface area contributed by atoms with Crippen LogP contribution in [0.3, 0.4) is 0 Å². The predicted octanol–water partition coefficient (Wildman–Crippen LogP) is 2.86. The van der Waals surface area contributed by atoms with Crippen LogP contribution in [0.2, 0.25) is 5.02 Å². The molecule has 2 aromatic rings. The maximum Gasteiger partial charge on any atom is 0.180 e. The first-order valence-electron chi connectivity index (χ1n) is 6.54. The van der Waals surface area contributed by atoms with Crippen LogP contribution in [-0.2, 0) is 16.4 Å². The van der Waals surface area contributed by atoms with E-state index >= 15 is 0 Å². The second kappa shape index (κ2) is 7.09. The summed E-state index contributed by atoms with van der Waals surface area (Å²) in [6, 6.07) is 10.7. The first kappa shape index (κ1) is 16.7. The Morgan fingerprint density at radius 3 is 2.45 bits per heavy atom. The monoisotopic (exact) mass is 343 g/mol. The fourth-order valence-electron chi connectivity index (χ4n) is 1.90. The van der Waals surface area contributed by atoms with E-state index in [-0.39, 0.29) is 15.7 Å². The van der Waals surface area contributed by atoms with E-state index in [9.17, 15) is 12.8 Å². The molecule has 2 aromatic carbocycles. The van der Waals surface area contributed by atoms with Crippen LogP contribution in [-0.4, -0.2) is 25.9 Å². The van der Waals surface area contributed by atoms with Crippen molar-refractivity contribution in [3.05, 3.63) is 58.9 Å².